The van der Waals surface area contributed by atoms with Gasteiger partial charge in [-0.2, -0.15) is 11.3 Å². The Balaban J connectivity index is 1.58. The first-order chi connectivity index (χ1) is 9.83. The highest BCUT2D eigenvalue weighted by Gasteiger charge is 2.16. The predicted octanol–water partition coefficient (Wildman–Crippen LogP) is 4.38. The molecule has 0 saturated heterocycles. The number of thiophene rings is 1. The lowest BCUT2D eigenvalue weighted by Crippen LogP contribution is -2.15. The third-order valence-electron chi connectivity index (χ3n) is 3.31. The Morgan fingerprint density at radius 1 is 1.40 bits per heavy atom. The van der Waals surface area contributed by atoms with Gasteiger partial charge >= 0.3 is 5.97 Å². The maximum atomic E-state index is 12.0. The zero-order chi connectivity index (χ0) is 13.8. The average molecular weight is 305 g/mol. The van der Waals surface area contributed by atoms with Crippen LogP contribution in [0.15, 0.2) is 34.4 Å². The van der Waals surface area contributed by atoms with Crippen molar-refractivity contribution in [1.29, 1.82) is 0 Å². The molecule has 3 rings (SSSR count). The van der Waals surface area contributed by atoms with Crippen molar-refractivity contribution in [2.45, 2.75) is 19.3 Å². The number of nitrogens with zero attached hydrogens (tertiary/aromatic N) is 1. The minimum Gasteiger partial charge on any atom is -0.461 e. The summed E-state index contributed by atoms with van der Waals surface area (Å²) in [6.45, 7) is 0.495. The van der Waals surface area contributed by atoms with Crippen molar-refractivity contribution in [3.05, 3.63) is 40.1 Å². The smallest absolute Gasteiger partial charge is 0.357 e. The van der Waals surface area contributed by atoms with Crippen molar-refractivity contribution in [1.82, 2.24) is 4.98 Å². The number of thiazole rings is 1. The molecule has 0 amide bonds. The van der Waals surface area contributed by atoms with Gasteiger partial charge in [0.2, 0.25) is 0 Å². The van der Waals surface area contributed by atoms with E-state index in [0.29, 0.717) is 18.2 Å². The molecule has 1 aliphatic rings. The minimum absolute atomic E-state index is 0.308. The standard InChI is InChI=1S/C15H15NO2S2/c17-15(18-8-11-4-2-1-3-5-11)13-10-20-14(16-13)12-6-7-19-9-12/h1-2,6-7,9-11H,3-5,8H2. The number of hydrogen-bond donors (Lipinski definition) is 0. The summed E-state index contributed by atoms with van der Waals surface area (Å²) in [6.07, 6.45) is 7.54. The quantitative estimate of drug-likeness (QED) is 0.621. The first-order valence-corrected chi connectivity index (χ1v) is 8.45. The summed E-state index contributed by atoms with van der Waals surface area (Å²) in [7, 11) is 0. The number of carbonyl (C=O) groups is 1. The van der Waals surface area contributed by atoms with Gasteiger partial charge in [0.25, 0.3) is 0 Å². The molecule has 0 bridgehead atoms. The van der Waals surface area contributed by atoms with E-state index in [1.165, 1.54) is 11.3 Å². The summed E-state index contributed by atoms with van der Waals surface area (Å²) in [5, 5.41) is 6.68. The highest BCUT2D eigenvalue weighted by molar-refractivity contribution is 7.14. The first-order valence-electron chi connectivity index (χ1n) is 6.63. The molecule has 1 unspecified atom stereocenters. The van der Waals surface area contributed by atoms with E-state index in [0.717, 1.165) is 29.8 Å². The molecule has 0 radical (unpaired) electrons. The van der Waals surface area contributed by atoms with Crippen LogP contribution in [0.3, 0.4) is 0 Å². The number of carbonyl (C=O) groups excluding carboxylic acids is 1. The molecular weight excluding hydrogens is 290 g/mol. The number of rotatable bonds is 4. The molecule has 0 N–H and O–H groups in total. The van der Waals surface area contributed by atoms with Crippen molar-refractivity contribution in [2.24, 2.45) is 5.92 Å². The molecule has 1 aliphatic carbocycles. The summed E-state index contributed by atoms with van der Waals surface area (Å²) in [4.78, 5) is 16.3. The lowest BCUT2D eigenvalue weighted by molar-refractivity contribution is 0.0426. The maximum absolute atomic E-state index is 12.0. The minimum atomic E-state index is -0.308. The molecule has 2 heterocycles. The fourth-order valence-corrected chi connectivity index (χ4v) is 3.66. The zero-order valence-corrected chi connectivity index (χ0v) is 12.6. The van der Waals surface area contributed by atoms with Gasteiger partial charge in [0, 0.05) is 16.3 Å². The third kappa shape index (κ3) is 3.16. The zero-order valence-electron chi connectivity index (χ0n) is 11.0. The number of aromatic nitrogens is 1. The van der Waals surface area contributed by atoms with Crippen LogP contribution >= 0.6 is 22.7 Å². The highest BCUT2D eigenvalue weighted by atomic mass is 32.1. The Bertz CT molecular complexity index is 601. The SMILES string of the molecule is O=C(OCC1CC=CCC1)c1csc(-c2ccsc2)n1. The lowest BCUT2D eigenvalue weighted by atomic mass is 9.95. The Labute approximate surface area is 125 Å². The van der Waals surface area contributed by atoms with Gasteiger partial charge in [-0.05, 0) is 36.6 Å². The van der Waals surface area contributed by atoms with Crippen LogP contribution in [0.1, 0.15) is 29.8 Å². The normalized spacial score (nSPS) is 18.1. The Kier molecular flexibility index (Phi) is 4.28. The largest absolute Gasteiger partial charge is 0.461 e. The van der Waals surface area contributed by atoms with Crippen molar-refractivity contribution in [2.75, 3.05) is 6.61 Å². The molecule has 0 fully saturated rings. The Morgan fingerprint density at radius 2 is 2.35 bits per heavy atom. The van der Waals surface area contributed by atoms with Gasteiger partial charge in [0.05, 0.1) is 6.61 Å². The average Bonchev–Trinajstić information content (AvgIpc) is 3.16. The van der Waals surface area contributed by atoms with Crippen molar-refractivity contribution in [3.8, 4) is 10.6 Å². The van der Waals surface area contributed by atoms with Gasteiger partial charge in [0.15, 0.2) is 5.69 Å². The molecule has 2 aromatic heterocycles. The summed E-state index contributed by atoms with van der Waals surface area (Å²) < 4.78 is 5.37. The summed E-state index contributed by atoms with van der Waals surface area (Å²) in [6, 6.07) is 2.01. The van der Waals surface area contributed by atoms with E-state index in [9.17, 15) is 4.79 Å². The Hall–Kier alpha value is -1.46. The van der Waals surface area contributed by atoms with Crippen LogP contribution in [0.25, 0.3) is 10.6 Å². The van der Waals surface area contributed by atoms with Gasteiger partial charge in [-0.3, -0.25) is 0 Å². The molecular formula is C15H15NO2S2. The van der Waals surface area contributed by atoms with Gasteiger partial charge in [-0.25, -0.2) is 9.78 Å². The number of ether oxygens (including phenoxy) is 1. The topological polar surface area (TPSA) is 39.2 Å². The van der Waals surface area contributed by atoms with E-state index in [2.05, 4.69) is 17.1 Å². The van der Waals surface area contributed by atoms with Crippen LogP contribution < -0.4 is 0 Å². The second kappa shape index (κ2) is 6.33. The second-order valence-electron chi connectivity index (χ2n) is 4.80. The second-order valence-corrected chi connectivity index (χ2v) is 6.44. The Morgan fingerprint density at radius 3 is 3.10 bits per heavy atom. The molecule has 0 spiro atoms. The molecule has 20 heavy (non-hydrogen) atoms. The van der Waals surface area contributed by atoms with E-state index in [4.69, 9.17) is 4.74 Å². The summed E-state index contributed by atoms with van der Waals surface area (Å²) >= 11 is 3.11. The van der Waals surface area contributed by atoms with Crippen LogP contribution in [0, 0.1) is 5.92 Å². The number of esters is 1. The predicted molar refractivity (Wildman–Crippen MR) is 82.2 cm³/mol. The van der Waals surface area contributed by atoms with E-state index >= 15 is 0 Å². The molecule has 0 aliphatic heterocycles. The monoisotopic (exact) mass is 305 g/mol. The first kappa shape index (κ1) is 13.5. The van der Waals surface area contributed by atoms with Crippen LogP contribution in [0.5, 0.6) is 0 Å². The van der Waals surface area contributed by atoms with Crippen LogP contribution in [-0.2, 0) is 4.74 Å². The molecule has 1 atom stereocenters. The maximum Gasteiger partial charge on any atom is 0.357 e. The van der Waals surface area contributed by atoms with Crippen LogP contribution in [0.4, 0.5) is 0 Å². The summed E-state index contributed by atoms with van der Waals surface area (Å²) in [5.41, 5.74) is 1.49. The van der Waals surface area contributed by atoms with Crippen LogP contribution in [0.2, 0.25) is 0 Å². The fourth-order valence-electron chi connectivity index (χ4n) is 2.16. The summed E-state index contributed by atoms with van der Waals surface area (Å²) in [5.74, 6) is 0.149. The molecule has 104 valence electrons. The van der Waals surface area contributed by atoms with E-state index in [-0.39, 0.29) is 5.97 Å². The number of allylic oxidation sites excluding steroid dienone is 2. The van der Waals surface area contributed by atoms with Gasteiger partial charge in [0.1, 0.15) is 5.01 Å². The molecule has 0 aromatic carbocycles. The van der Waals surface area contributed by atoms with Gasteiger partial charge in [-0.15, -0.1) is 11.3 Å². The van der Waals surface area contributed by atoms with Crippen molar-refractivity contribution >= 4 is 28.6 Å². The highest BCUT2D eigenvalue weighted by Crippen LogP contribution is 2.26. The molecule has 0 saturated carbocycles. The fraction of sp³-hybridized carbons (Fsp3) is 0.333. The molecule has 2 aromatic rings. The van der Waals surface area contributed by atoms with Gasteiger partial charge in [-0.1, -0.05) is 12.2 Å². The van der Waals surface area contributed by atoms with E-state index in [1.54, 1.807) is 16.7 Å². The van der Waals surface area contributed by atoms with Crippen molar-refractivity contribution < 1.29 is 9.53 Å². The van der Waals surface area contributed by atoms with Crippen LogP contribution in [-0.4, -0.2) is 17.6 Å². The lowest BCUT2D eigenvalue weighted by Gasteiger charge is -2.16. The van der Waals surface area contributed by atoms with E-state index in [1.807, 2.05) is 16.8 Å². The molecule has 3 nitrogen and oxygen atoms in total. The molecule has 5 heteroatoms. The van der Waals surface area contributed by atoms with Crippen molar-refractivity contribution in [3.63, 3.8) is 0 Å². The van der Waals surface area contributed by atoms with E-state index < -0.39 is 0 Å². The third-order valence-corrected chi connectivity index (χ3v) is 4.88. The number of hydrogen-bond acceptors (Lipinski definition) is 5. The van der Waals surface area contributed by atoms with Gasteiger partial charge < -0.3 is 4.74 Å².